The summed E-state index contributed by atoms with van der Waals surface area (Å²) in [6.07, 6.45) is 3.58. The molecule has 3 heterocycles. The molecule has 2 N–H and O–H groups in total. The summed E-state index contributed by atoms with van der Waals surface area (Å²) in [5.41, 5.74) is 7.62. The predicted molar refractivity (Wildman–Crippen MR) is 129 cm³/mol. The molecule has 9 heteroatoms. The Labute approximate surface area is 192 Å². The second-order valence-electron chi connectivity index (χ2n) is 8.28. The number of ether oxygens (including phenoxy) is 1. The highest BCUT2D eigenvalue weighted by Gasteiger charge is 2.24. The van der Waals surface area contributed by atoms with Gasteiger partial charge in [-0.25, -0.2) is 18.4 Å². The summed E-state index contributed by atoms with van der Waals surface area (Å²) in [5, 5.41) is 3.53. The van der Waals surface area contributed by atoms with E-state index in [2.05, 4.69) is 32.4 Å². The Hall–Kier alpha value is -3.43. The minimum absolute atomic E-state index is 0.401. The van der Waals surface area contributed by atoms with Gasteiger partial charge in [0.15, 0.2) is 5.65 Å². The summed E-state index contributed by atoms with van der Waals surface area (Å²) in [6.45, 7) is 2.93. The van der Waals surface area contributed by atoms with Crippen molar-refractivity contribution >= 4 is 32.6 Å². The highest BCUT2D eigenvalue weighted by atomic mass is 32.2. The van der Waals surface area contributed by atoms with E-state index in [1.54, 1.807) is 13.3 Å². The topological polar surface area (TPSA) is 100 Å². The number of hydrogen-bond acceptors (Lipinski definition) is 6. The number of hydrogen-bond donors (Lipinski definition) is 2. The van der Waals surface area contributed by atoms with Crippen molar-refractivity contribution in [1.82, 2.24) is 19.3 Å². The number of benzene rings is 2. The number of imidazole rings is 1. The molecule has 8 nitrogen and oxygen atoms in total. The highest BCUT2D eigenvalue weighted by Crippen LogP contribution is 2.32. The van der Waals surface area contributed by atoms with E-state index in [0.717, 1.165) is 45.0 Å². The maximum absolute atomic E-state index is 12.0. The zero-order chi connectivity index (χ0) is 23.2. The first-order valence-electron chi connectivity index (χ1n) is 10.7. The molecule has 0 aliphatic carbocycles. The first kappa shape index (κ1) is 21.4. The fourth-order valence-electron chi connectivity index (χ4n) is 4.21. The van der Waals surface area contributed by atoms with Gasteiger partial charge in [0.25, 0.3) is 0 Å². The Balaban J connectivity index is 1.47. The molecule has 0 radical (unpaired) electrons. The van der Waals surface area contributed by atoms with E-state index in [-0.39, 0.29) is 0 Å². The van der Waals surface area contributed by atoms with Gasteiger partial charge in [-0.2, -0.15) is 4.31 Å². The summed E-state index contributed by atoms with van der Waals surface area (Å²) in [7, 11) is -1.60. The lowest BCUT2D eigenvalue weighted by molar-refractivity contribution is 0.395. The van der Waals surface area contributed by atoms with Crippen molar-refractivity contribution in [2.24, 2.45) is 0 Å². The number of H-pyrrole nitrogens is 1. The molecule has 0 fully saturated rings. The minimum Gasteiger partial charge on any atom is -0.495 e. The van der Waals surface area contributed by atoms with Crippen molar-refractivity contribution in [3.63, 3.8) is 0 Å². The van der Waals surface area contributed by atoms with Crippen LogP contribution in [0.4, 0.5) is 11.4 Å². The number of anilines is 2. The van der Waals surface area contributed by atoms with E-state index in [9.17, 15) is 8.42 Å². The van der Waals surface area contributed by atoms with Gasteiger partial charge >= 0.3 is 0 Å². The van der Waals surface area contributed by atoms with Gasteiger partial charge < -0.3 is 15.0 Å². The second kappa shape index (κ2) is 8.17. The van der Waals surface area contributed by atoms with Crippen molar-refractivity contribution in [3.8, 4) is 17.1 Å². The molecule has 33 heavy (non-hydrogen) atoms. The molecule has 0 saturated carbocycles. The van der Waals surface area contributed by atoms with Gasteiger partial charge in [0.2, 0.25) is 10.0 Å². The fraction of sp³-hybridized carbons (Fsp3) is 0.250. The summed E-state index contributed by atoms with van der Waals surface area (Å²) in [4.78, 5) is 12.4. The Morgan fingerprint density at radius 1 is 1.18 bits per heavy atom. The largest absolute Gasteiger partial charge is 0.495 e. The number of methoxy groups -OCH3 is 1. The lowest BCUT2D eigenvalue weighted by Gasteiger charge is -2.28. The maximum Gasteiger partial charge on any atom is 0.211 e. The molecule has 0 saturated heterocycles. The number of aromatic nitrogens is 3. The van der Waals surface area contributed by atoms with Gasteiger partial charge in [0.05, 0.1) is 25.1 Å². The molecule has 0 atom stereocenters. The second-order valence-corrected chi connectivity index (χ2v) is 10.3. The molecule has 170 valence electrons. The summed E-state index contributed by atoms with van der Waals surface area (Å²) in [6, 6.07) is 14.0. The Morgan fingerprint density at radius 2 is 2.03 bits per heavy atom. The maximum atomic E-state index is 12.0. The lowest BCUT2D eigenvalue weighted by Crippen LogP contribution is -2.35. The van der Waals surface area contributed by atoms with E-state index in [4.69, 9.17) is 4.74 Å². The van der Waals surface area contributed by atoms with Crippen LogP contribution in [-0.2, 0) is 23.0 Å². The van der Waals surface area contributed by atoms with Gasteiger partial charge in [-0.1, -0.05) is 18.2 Å². The van der Waals surface area contributed by atoms with Gasteiger partial charge in [0, 0.05) is 36.1 Å². The van der Waals surface area contributed by atoms with Crippen LogP contribution < -0.4 is 10.1 Å². The van der Waals surface area contributed by atoms with Crippen LogP contribution in [0.2, 0.25) is 0 Å². The zero-order valence-electron chi connectivity index (χ0n) is 18.7. The average molecular weight is 464 g/mol. The molecule has 0 bridgehead atoms. The molecule has 1 aliphatic rings. The molecule has 1 aliphatic heterocycles. The molecule has 0 amide bonds. The van der Waals surface area contributed by atoms with Crippen LogP contribution in [0.25, 0.3) is 22.6 Å². The molecule has 0 unspecified atom stereocenters. The highest BCUT2D eigenvalue weighted by molar-refractivity contribution is 7.88. The van der Waals surface area contributed by atoms with Crippen molar-refractivity contribution in [2.45, 2.75) is 19.9 Å². The first-order chi connectivity index (χ1) is 15.8. The first-order valence-corrected chi connectivity index (χ1v) is 12.5. The third kappa shape index (κ3) is 4.17. The average Bonchev–Trinajstić information content (AvgIpc) is 3.22. The van der Waals surface area contributed by atoms with Crippen molar-refractivity contribution < 1.29 is 13.2 Å². The third-order valence-electron chi connectivity index (χ3n) is 6.02. The molecule has 0 spiro atoms. The number of nitrogens with one attached hydrogen (secondary N) is 2. The molecule has 2 aromatic carbocycles. The van der Waals surface area contributed by atoms with E-state index < -0.39 is 10.0 Å². The summed E-state index contributed by atoms with van der Waals surface area (Å²) in [5.74, 6) is 1.42. The van der Waals surface area contributed by atoms with Crippen LogP contribution in [0.15, 0.2) is 48.7 Å². The number of rotatable bonds is 5. The van der Waals surface area contributed by atoms with E-state index in [1.165, 1.54) is 10.6 Å². The van der Waals surface area contributed by atoms with Crippen LogP contribution in [0.3, 0.4) is 0 Å². The quantitative estimate of drug-likeness (QED) is 0.464. The normalized spacial score (nSPS) is 14.3. The standard InChI is InChI=1S/C24H25N5O3S/c1-15-7-8-17(11-20(15)23-27-22-12-18(32-2)13-25-24(22)28-23)26-21-6-4-5-16-14-29(33(3,30)31)10-9-19(16)21/h4-8,11-13,26H,9-10,14H2,1-3H3,(H,25,27,28). The Kier molecular flexibility index (Phi) is 5.30. The van der Waals surface area contributed by atoms with E-state index in [1.807, 2.05) is 37.3 Å². The van der Waals surface area contributed by atoms with Crippen molar-refractivity contribution in [3.05, 3.63) is 65.4 Å². The molecular formula is C24H25N5O3S. The lowest BCUT2D eigenvalue weighted by atomic mass is 9.98. The molecule has 2 aromatic heterocycles. The predicted octanol–water partition coefficient (Wildman–Crippen LogP) is 4.00. The van der Waals surface area contributed by atoms with E-state index >= 15 is 0 Å². The van der Waals surface area contributed by atoms with Crippen molar-refractivity contribution in [1.29, 1.82) is 0 Å². The zero-order valence-corrected chi connectivity index (χ0v) is 19.5. The van der Waals surface area contributed by atoms with Crippen LogP contribution in [0, 0.1) is 6.92 Å². The smallest absolute Gasteiger partial charge is 0.211 e. The molecule has 4 aromatic rings. The Bertz CT molecular complexity index is 1460. The van der Waals surface area contributed by atoms with Gasteiger partial charge in [-0.3, -0.25) is 0 Å². The van der Waals surface area contributed by atoms with Crippen LogP contribution in [0.5, 0.6) is 5.75 Å². The number of aromatic amines is 1. The molecule has 5 rings (SSSR count). The Morgan fingerprint density at radius 3 is 2.82 bits per heavy atom. The van der Waals surface area contributed by atoms with Crippen LogP contribution in [0.1, 0.15) is 16.7 Å². The number of aryl methyl sites for hydroxylation is 1. The number of nitrogens with zero attached hydrogens (tertiary/aromatic N) is 3. The van der Waals surface area contributed by atoms with Crippen molar-refractivity contribution in [2.75, 3.05) is 25.2 Å². The molecular weight excluding hydrogens is 438 g/mol. The van der Waals surface area contributed by atoms with Crippen LogP contribution in [-0.4, -0.2) is 47.6 Å². The fourth-order valence-corrected chi connectivity index (χ4v) is 5.01. The van der Waals surface area contributed by atoms with E-state index in [0.29, 0.717) is 30.9 Å². The number of fused-ring (bicyclic) bond motifs is 2. The van der Waals surface area contributed by atoms with Crippen LogP contribution >= 0.6 is 0 Å². The van der Waals surface area contributed by atoms with Gasteiger partial charge in [0.1, 0.15) is 11.6 Å². The number of sulfonamides is 1. The number of pyridine rings is 1. The van der Waals surface area contributed by atoms with Gasteiger partial charge in [-0.15, -0.1) is 0 Å². The third-order valence-corrected chi connectivity index (χ3v) is 7.27. The van der Waals surface area contributed by atoms with Gasteiger partial charge in [-0.05, 0) is 48.2 Å². The summed E-state index contributed by atoms with van der Waals surface area (Å²) >= 11 is 0. The summed E-state index contributed by atoms with van der Waals surface area (Å²) < 4.78 is 30.7. The monoisotopic (exact) mass is 463 g/mol. The SMILES string of the molecule is COc1cnc2nc(-c3cc(Nc4cccc5c4CCN(S(C)(=O)=O)C5)ccc3C)[nH]c2c1. The minimum atomic E-state index is -3.21.